The van der Waals surface area contributed by atoms with Gasteiger partial charge in [-0.15, -0.1) is 0 Å². The zero-order valence-corrected chi connectivity index (χ0v) is 11.8. The molecule has 0 radical (unpaired) electrons. The number of benzene rings is 1. The lowest BCUT2D eigenvalue weighted by Gasteiger charge is -2.29. The van der Waals surface area contributed by atoms with E-state index in [9.17, 15) is 9.90 Å². The van der Waals surface area contributed by atoms with Crippen LogP contribution in [0.4, 0.5) is 0 Å². The van der Waals surface area contributed by atoms with Crippen molar-refractivity contribution in [2.75, 3.05) is 13.2 Å². The summed E-state index contributed by atoms with van der Waals surface area (Å²) in [6.07, 6.45) is 0.855. The number of aliphatic hydroxyl groups excluding tert-OH is 1. The van der Waals surface area contributed by atoms with Crippen molar-refractivity contribution in [1.82, 2.24) is 4.90 Å². The summed E-state index contributed by atoms with van der Waals surface area (Å²) in [7, 11) is 0. The van der Waals surface area contributed by atoms with Gasteiger partial charge in [-0.25, -0.2) is 0 Å². The van der Waals surface area contributed by atoms with E-state index in [-0.39, 0.29) is 19.1 Å². The fourth-order valence-electron chi connectivity index (χ4n) is 1.96. The molecule has 0 fully saturated rings. The van der Waals surface area contributed by atoms with Crippen molar-refractivity contribution < 1.29 is 15.0 Å². The summed E-state index contributed by atoms with van der Waals surface area (Å²) in [6, 6.07) is 7.44. The molecule has 19 heavy (non-hydrogen) atoms. The number of aliphatic hydroxyl groups is 1. The van der Waals surface area contributed by atoms with Crippen molar-refractivity contribution in [2.24, 2.45) is 0 Å². The molecule has 0 aliphatic heterocycles. The highest BCUT2D eigenvalue weighted by Gasteiger charge is 2.17. The molecule has 2 N–H and O–H groups in total. The Morgan fingerprint density at radius 1 is 1.37 bits per heavy atom. The van der Waals surface area contributed by atoms with Gasteiger partial charge >= 0.3 is 5.97 Å². The fraction of sp³-hybridized carbons (Fsp3) is 0.500. The van der Waals surface area contributed by atoms with Crippen molar-refractivity contribution in [3.8, 4) is 0 Å². The van der Waals surface area contributed by atoms with Crippen LogP contribution in [0.3, 0.4) is 0 Å². The van der Waals surface area contributed by atoms with E-state index in [1.165, 1.54) is 0 Å². The van der Waals surface area contributed by atoms with E-state index in [4.69, 9.17) is 16.7 Å². The third kappa shape index (κ3) is 5.59. The average molecular weight is 286 g/mol. The Labute approximate surface area is 118 Å². The number of carboxylic acids is 1. The van der Waals surface area contributed by atoms with E-state index in [1.807, 2.05) is 36.1 Å². The average Bonchev–Trinajstić information content (AvgIpc) is 2.39. The second-order valence-electron chi connectivity index (χ2n) is 4.49. The monoisotopic (exact) mass is 285 g/mol. The number of halogens is 1. The molecule has 0 bridgehead atoms. The van der Waals surface area contributed by atoms with Crippen molar-refractivity contribution in [3.63, 3.8) is 0 Å². The van der Waals surface area contributed by atoms with E-state index in [0.717, 1.165) is 12.0 Å². The van der Waals surface area contributed by atoms with Crippen molar-refractivity contribution in [1.29, 1.82) is 0 Å². The van der Waals surface area contributed by atoms with E-state index < -0.39 is 5.97 Å². The maximum atomic E-state index is 10.7. The lowest BCUT2D eigenvalue weighted by molar-refractivity contribution is -0.137. The standard InChI is InChI=1S/C14H20ClNO3/c1-2-13(10-17)16(8-7-14(18)19)9-11-3-5-12(15)6-4-11/h3-6,13,17H,2,7-10H2,1H3,(H,18,19). The molecule has 106 valence electrons. The van der Waals surface area contributed by atoms with Crippen LogP contribution in [0.5, 0.6) is 0 Å². The normalized spacial score (nSPS) is 12.6. The smallest absolute Gasteiger partial charge is 0.304 e. The third-order valence-electron chi connectivity index (χ3n) is 3.11. The highest BCUT2D eigenvalue weighted by molar-refractivity contribution is 6.30. The Kier molecular flexibility index (Phi) is 6.84. The number of carboxylic acid groups (broad SMARTS) is 1. The van der Waals surface area contributed by atoms with Crippen molar-refractivity contribution >= 4 is 17.6 Å². The van der Waals surface area contributed by atoms with Gasteiger partial charge in [-0.3, -0.25) is 9.69 Å². The van der Waals surface area contributed by atoms with Gasteiger partial charge in [0.05, 0.1) is 13.0 Å². The summed E-state index contributed by atoms with van der Waals surface area (Å²) in [5.41, 5.74) is 1.06. The van der Waals surface area contributed by atoms with Gasteiger partial charge in [0.15, 0.2) is 0 Å². The number of hydrogen-bond acceptors (Lipinski definition) is 3. The summed E-state index contributed by atoms with van der Waals surface area (Å²) in [6.45, 7) is 3.06. The molecule has 0 aliphatic carbocycles. The predicted octanol–water partition coefficient (Wildman–Crippen LogP) is 2.39. The zero-order chi connectivity index (χ0) is 14.3. The minimum Gasteiger partial charge on any atom is -0.481 e. The Morgan fingerprint density at radius 3 is 2.47 bits per heavy atom. The first-order valence-electron chi connectivity index (χ1n) is 6.38. The second kappa shape index (κ2) is 8.15. The minimum absolute atomic E-state index is 0.0185. The van der Waals surface area contributed by atoms with Gasteiger partial charge in [0.2, 0.25) is 0 Å². The van der Waals surface area contributed by atoms with Crippen LogP contribution in [0.25, 0.3) is 0 Å². The zero-order valence-electron chi connectivity index (χ0n) is 11.1. The lowest BCUT2D eigenvalue weighted by Crippen LogP contribution is -2.38. The van der Waals surface area contributed by atoms with Crippen LogP contribution >= 0.6 is 11.6 Å². The Morgan fingerprint density at radius 2 is 2.00 bits per heavy atom. The van der Waals surface area contributed by atoms with E-state index in [2.05, 4.69) is 0 Å². The number of rotatable bonds is 8. The largest absolute Gasteiger partial charge is 0.481 e. The lowest BCUT2D eigenvalue weighted by atomic mass is 10.1. The summed E-state index contributed by atoms with van der Waals surface area (Å²) in [5.74, 6) is -0.825. The maximum Gasteiger partial charge on any atom is 0.304 e. The Hall–Kier alpha value is -1.10. The summed E-state index contributed by atoms with van der Waals surface area (Å²) in [5, 5.41) is 18.8. The maximum absolute atomic E-state index is 10.7. The molecular formula is C14H20ClNO3. The molecule has 0 amide bonds. The SMILES string of the molecule is CCC(CO)N(CCC(=O)O)Cc1ccc(Cl)cc1. The topological polar surface area (TPSA) is 60.8 Å². The van der Waals surface area contributed by atoms with E-state index in [0.29, 0.717) is 18.1 Å². The van der Waals surface area contributed by atoms with E-state index in [1.54, 1.807) is 0 Å². The molecule has 0 heterocycles. The molecule has 4 nitrogen and oxygen atoms in total. The molecule has 1 aromatic rings. The van der Waals surface area contributed by atoms with Gasteiger partial charge in [0.25, 0.3) is 0 Å². The molecule has 1 unspecified atom stereocenters. The van der Waals surface area contributed by atoms with Gasteiger partial charge in [0, 0.05) is 24.2 Å². The Balaban J connectivity index is 2.71. The molecule has 1 aromatic carbocycles. The molecule has 0 aliphatic rings. The summed E-state index contributed by atoms with van der Waals surface area (Å²) < 4.78 is 0. The first kappa shape index (κ1) is 16.0. The van der Waals surface area contributed by atoms with Crippen LogP contribution in [0.2, 0.25) is 5.02 Å². The molecule has 1 atom stereocenters. The molecule has 1 rings (SSSR count). The van der Waals surface area contributed by atoms with Crippen LogP contribution < -0.4 is 0 Å². The minimum atomic E-state index is -0.825. The number of aliphatic carboxylic acids is 1. The van der Waals surface area contributed by atoms with Crippen LogP contribution in [0, 0.1) is 0 Å². The summed E-state index contributed by atoms with van der Waals surface area (Å²) >= 11 is 5.84. The molecule has 0 saturated heterocycles. The first-order chi connectivity index (χ1) is 9.06. The number of hydrogen-bond donors (Lipinski definition) is 2. The van der Waals surface area contributed by atoms with Crippen LogP contribution in [0.15, 0.2) is 24.3 Å². The first-order valence-corrected chi connectivity index (χ1v) is 6.75. The van der Waals surface area contributed by atoms with Crippen LogP contribution in [0.1, 0.15) is 25.3 Å². The van der Waals surface area contributed by atoms with Gasteiger partial charge in [-0.1, -0.05) is 30.7 Å². The highest BCUT2D eigenvalue weighted by atomic mass is 35.5. The summed E-state index contributed by atoms with van der Waals surface area (Å²) in [4.78, 5) is 12.7. The van der Waals surface area contributed by atoms with Crippen LogP contribution in [-0.2, 0) is 11.3 Å². The van der Waals surface area contributed by atoms with Crippen LogP contribution in [-0.4, -0.2) is 40.3 Å². The molecule has 0 spiro atoms. The quantitative estimate of drug-likeness (QED) is 0.770. The van der Waals surface area contributed by atoms with Gasteiger partial charge in [-0.05, 0) is 24.1 Å². The van der Waals surface area contributed by atoms with Crippen molar-refractivity contribution in [2.45, 2.75) is 32.4 Å². The third-order valence-corrected chi connectivity index (χ3v) is 3.36. The van der Waals surface area contributed by atoms with Gasteiger partial charge < -0.3 is 10.2 Å². The van der Waals surface area contributed by atoms with Gasteiger partial charge in [-0.2, -0.15) is 0 Å². The second-order valence-corrected chi connectivity index (χ2v) is 4.92. The highest BCUT2D eigenvalue weighted by Crippen LogP contribution is 2.14. The molecular weight excluding hydrogens is 266 g/mol. The van der Waals surface area contributed by atoms with E-state index >= 15 is 0 Å². The van der Waals surface area contributed by atoms with Gasteiger partial charge in [0.1, 0.15) is 0 Å². The molecule has 0 saturated carbocycles. The Bertz CT molecular complexity index is 390. The molecule has 0 aromatic heterocycles. The predicted molar refractivity (Wildman–Crippen MR) is 75.3 cm³/mol. The van der Waals surface area contributed by atoms with Crippen molar-refractivity contribution in [3.05, 3.63) is 34.9 Å². The number of carbonyl (C=O) groups is 1. The molecule has 5 heteroatoms. The number of nitrogens with zero attached hydrogens (tertiary/aromatic N) is 1. The fourth-order valence-corrected chi connectivity index (χ4v) is 2.08.